The Balaban J connectivity index is 4.20. The molecule has 6 nitrogen and oxygen atoms in total. The zero-order chi connectivity index (χ0) is 54.3. The topological polar surface area (TPSA) is 78.9 Å². The Labute approximate surface area is 468 Å². The van der Waals surface area contributed by atoms with E-state index < -0.39 is 6.10 Å². The number of carbonyl (C=O) groups is 3. The maximum atomic E-state index is 12.9. The van der Waals surface area contributed by atoms with Gasteiger partial charge < -0.3 is 14.2 Å². The van der Waals surface area contributed by atoms with Crippen molar-refractivity contribution in [1.29, 1.82) is 0 Å². The van der Waals surface area contributed by atoms with Gasteiger partial charge in [0, 0.05) is 19.3 Å². The first-order chi connectivity index (χ1) is 37.0. The van der Waals surface area contributed by atoms with E-state index in [0.717, 1.165) is 64.2 Å². The predicted molar refractivity (Wildman–Crippen MR) is 326 cm³/mol. The first-order valence-corrected chi connectivity index (χ1v) is 33.8. The number of allylic oxidation sites excluding steroid dienone is 4. The lowest BCUT2D eigenvalue weighted by Crippen LogP contribution is -2.30. The standard InChI is InChI=1S/C69H130O6/c1-4-7-10-13-16-19-22-25-28-29-30-31-32-33-34-35-36-37-38-39-42-44-47-50-53-56-59-62-68(71)74-65-66(75-69(72)63-60-57-54-51-48-45-41-27-24-21-18-15-12-9-6-3)64-73-67(70)61-58-55-52-49-46-43-40-26-23-20-17-14-11-8-5-2/h27,29-30,41,66H,4-26,28,31-40,42-65H2,1-3H3/b30-29-,41-27-. The molecule has 0 saturated carbocycles. The van der Waals surface area contributed by atoms with Crippen molar-refractivity contribution < 1.29 is 28.6 Å². The molecule has 0 aliphatic carbocycles. The van der Waals surface area contributed by atoms with Crippen molar-refractivity contribution in [2.24, 2.45) is 0 Å². The molecule has 442 valence electrons. The lowest BCUT2D eigenvalue weighted by atomic mass is 10.0. The van der Waals surface area contributed by atoms with Gasteiger partial charge in [-0.15, -0.1) is 0 Å². The highest BCUT2D eigenvalue weighted by Gasteiger charge is 2.19. The minimum Gasteiger partial charge on any atom is -0.462 e. The minimum atomic E-state index is -0.772. The Morgan fingerprint density at radius 1 is 0.253 bits per heavy atom. The van der Waals surface area contributed by atoms with Crippen molar-refractivity contribution in [2.75, 3.05) is 13.2 Å². The van der Waals surface area contributed by atoms with E-state index in [2.05, 4.69) is 45.1 Å². The van der Waals surface area contributed by atoms with E-state index in [1.807, 2.05) is 0 Å². The fraction of sp³-hybridized carbons (Fsp3) is 0.899. The van der Waals surface area contributed by atoms with Gasteiger partial charge in [0.2, 0.25) is 0 Å². The lowest BCUT2D eigenvalue weighted by Gasteiger charge is -2.18. The molecule has 0 N–H and O–H groups in total. The average Bonchev–Trinajstić information content (AvgIpc) is 3.41. The number of hydrogen-bond donors (Lipinski definition) is 0. The Bertz CT molecular complexity index is 1210. The van der Waals surface area contributed by atoms with E-state index in [9.17, 15) is 14.4 Å². The molecule has 0 saturated heterocycles. The summed E-state index contributed by atoms with van der Waals surface area (Å²) in [5, 5.41) is 0. The molecule has 75 heavy (non-hydrogen) atoms. The third kappa shape index (κ3) is 62.6. The third-order valence-electron chi connectivity index (χ3n) is 15.4. The second-order valence-corrected chi connectivity index (χ2v) is 23.1. The number of ether oxygens (including phenoxy) is 3. The molecule has 0 aromatic rings. The van der Waals surface area contributed by atoms with Crippen LogP contribution in [0.25, 0.3) is 0 Å². The molecular weight excluding hydrogens is 925 g/mol. The molecule has 0 aromatic carbocycles. The van der Waals surface area contributed by atoms with Gasteiger partial charge in [-0.2, -0.15) is 0 Å². The molecule has 0 aromatic heterocycles. The molecule has 0 radical (unpaired) electrons. The Kier molecular flexibility index (Phi) is 62.6. The van der Waals surface area contributed by atoms with Gasteiger partial charge in [-0.05, 0) is 70.6 Å². The Morgan fingerprint density at radius 2 is 0.440 bits per heavy atom. The Morgan fingerprint density at radius 3 is 0.667 bits per heavy atom. The zero-order valence-corrected chi connectivity index (χ0v) is 50.8. The molecule has 0 spiro atoms. The van der Waals surface area contributed by atoms with E-state index in [1.54, 1.807) is 0 Å². The molecule has 0 aliphatic rings. The second-order valence-electron chi connectivity index (χ2n) is 23.1. The summed E-state index contributed by atoms with van der Waals surface area (Å²) in [4.78, 5) is 38.3. The highest BCUT2D eigenvalue weighted by molar-refractivity contribution is 5.71. The summed E-state index contributed by atoms with van der Waals surface area (Å²) in [6.45, 7) is 6.70. The van der Waals surface area contributed by atoms with Crippen LogP contribution < -0.4 is 0 Å². The summed E-state index contributed by atoms with van der Waals surface area (Å²) in [7, 11) is 0. The quantitative estimate of drug-likeness (QED) is 0.0261. The maximum Gasteiger partial charge on any atom is 0.306 e. The second kappa shape index (κ2) is 64.4. The summed E-state index contributed by atoms with van der Waals surface area (Å²) >= 11 is 0. The van der Waals surface area contributed by atoms with Gasteiger partial charge in [0.15, 0.2) is 6.10 Å². The van der Waals surface area contributed by atoms with Crippen LogP contribution in [0.3, 0.4) is 0 Å². The minimum absolute atomic E-state index is 0.0687. The number of unbranched alkanes of at least 4 members (excludes halogenated alkanes) is 48. The van der Waals surface area contributed by atoms with Crippen LogP contribution in [-0.2, 0) is 28.6 Å². The summed E-state index contributed by atoms with van der Waals surface area (Å²) in [6, 6.07) is 0. The van der Waals surface area contributed by atoms with Gasteiger partial charge in [0.25, 0.3) is 0 Å². The summed E-state index contributed by atoms with van der Waals surface area (Å²) in [5.41, 5.74) is 0. The molecule has 0 amide bonds. The highest BCUT2D eigenvalue weighted by Crippen LogP contribution is 2.18. The predicted octanol–water partition coefficient (Wildman–Crippen LogP) is 23.0. The fourth-order valence-corrected chi connectivity index (χ4v) is 10.3. The first-order valence-electron chi connectivity index (χ1n) is 33.8. The maximum absolute atomic E-state index is 12.9. The largest absolute Gasteiger partial charge is 0.462 e. The van der Waals surface area contributed by atoms with Crippen LogP contribution in [0.1, 0.15) is 380 Å². The van der Waals surface area contributed by atoms with Crippen LogP contribution in [0.15, 0.2) is 24.3 Å². The van der Waals surface area contributed by atoms with Gasteiger partial charge in [-0.3, -0.25) is 14.4 Å². The van der Waals surface area contributed by atoms with Crippen molar-refractivity contribution in [1.82, 2.24) is 0 Å². The van der Waals surface area contributed by atoms with Crippen molar-refractivity contribution in [3.63, 3.8) is 0 Å². The molecule has 0 bridgehead atoms. The number of hydrogen-bond acceptors (Lipinski definition) is 6. The monoisotopic (exact) mass is 1050 g/mol. The van der Waals surface area contributed by atoms with Gasteiger partial charge in [0.05, 0.1) is 0 Å². The number of esters is 3. The van der Waals surface area contributed by atoms with Crippen molar-refractivity contribution >= 4 is 17.9 Å². The fourth-order valence-electron chi connectivity index (χ4n) is 10.3. The van der Waals surface area contributed by atoms with E-state index in [-0.39, 0.29) is 31.1 Å². The van der Waals surface area contributed by atoms with Gasteiger partial charge in [-0.1, -0.05) is 315 Å². The first kappa shape index (κ1) is 72.9. The molecule has 6 heteroatoms. The van der Waals surface area contributed by atoms with Gasteiger partial charge >= 0.3 is 17.9 Å². The Hall–Kier alpha value is -2.11. The molecule has 0 aliphatic heterocycles. The van der Waals surface area contributed by atoms with E-state index >= 15 is 0 Å². The van der Waals surface area contributed by atoms with Crippen molar-refractivity contribution in [3.8, 4) is 0 Å². The number of rotatable bonds is 63. The molecule has 0 heterocycles. The molecule has 0 fully saturated rings. The third-order valence-corrected chi connectivity index (χ3v) is 15.4. The van der Waals surface area contributed by atoms with Gasteiger partial charge in [0.1, 0.15) is 13.2 Å². The van der Waals surface area contributed by atoms with Crippen molar-refractivity contribution in [2.45, 2.75) is 386 Å². The summed E-state index contributed by atoms with van der Waals surface area (Å²) in [6.07, 6.45) is 77.7. The normalized spacial score (nSPS) is 12.1. The van der Waals surface area contributed by atoms with Crippen LogP contribution >= 0.6 is 0 Å². The lowest BCUT2D eigenvalue weighted by molar-refractivity contribution is -0.167. The molecule has 1 unspecified atom stereocenters. The zero-order valence-electron chi connectivity index (χ0n) is 50.8. The molecular formula is C69H130O6. The summed E-state index contributed by atoms with van der Waals surface area (Å²) in [5.74, 6) is -0.849. The van der Waals surface area contributed by atoms with Crippen LogP contribution in [0, 0.1) is 0 Å². The summed E-state index contributed by atoms with van der Waals surface area (Å²) < 4.78 is 17.0. The van der Waals surface area contributed by atoms with E-state index in [4.69, 9.17) is 14.2 Å². The SMILES string of the molecule is CCCCCCCC/C=C\CCCCCCCC(=O)OC(COC(=O)CCCCCCCCCCCCCCCCC)COC(=O)CCCCCCCCCCCCCCCCC/C=C\CCCCCCCCCC. The van der Waals surface area contributed by atoms with Gasteiger partial charge in [-0.25, -0.2) is 0 Å². The van der Waals surface area contributed by atoms with Crippen LogP contribution in [0.5, 0.6) is 0 Å². The van der Waals surface area contributed by atoms with Crippen LogP contribution in [-0.4, -0.2) is 37.2 Å². The van der Waals surface area contributed by atoms with Crippen molar-refractivity contribution in [3.05, 3.63) is 24.3 Å². The molecule has 0 rings (SSSR count). The van der Waals surface area contributed by atoms with E-state index in [0.29, 0.717) is 19.3 Å². The number of carbonyl (C=O) groups excluding carboxylic acids is 3. The molecule has 1 atom stereocenters. The highest BCUT2D eigenvalue weighted by atomic mass is 16.6. The van der Waals surface area contributed by atoms with Crippen LogP contribution in [0.2, 0.25) is 0 Å². The average molecular weight is 1060 g/mol. The van der Waals surface area contributed by atoms with Crippen LogP contribution in [0.4, 0.5) is 0 Å². The van der Waals surface area contributed by atoms with E-state index in [1.165, 1.54) is 276 Å². The smallest absolute Gasteiger partial charge is 0.306 e.